The van der Waals surface area contributed by atoms with E-state index in [1.165, 1.54) is 19.1 Å². The molecular formula is C15H13NO4S. The summed E-state index contributed by atoms with van der Waals surface area (Å²) in [5.74, 6) is -0.385. The summed E-state index contributed by atoms with van der Waals surface area (Å²) in [7, 11) is -4.04. The number of hydrogen-bond donors (Lipinski definition) is 0. The van der Waals surface area contributed by atoms with E-state index in [4.69, 9.17) is 0 Å². The molecule has 0 heterocycles. The molecule has 0 aliphatic carbocycles. The van der Waals surface area contributed by atoms with Crippen LogP contribution in [0.15, 0.2) is 70.7 Å². The van der Waals surface area contributed by atoms with Gasteiger partial charge in [-0.05, 0) is 12.1 Å². The highest BCUT2D eigenvalue weighted by molar-refractivity contribution is 7.86. The third kappa shape index (κ3) is 3.76. The van der Waals surface area contributed by atoms with Gasteiger partial charge in [0.15, 0.2) is 11.5 Å². The summed E-state index contributed by atoms with van der Waals surface area (Å²) in [6, 6.07) is 16.1. The molecule has 0 N–H and O–H groups in total. The number of benzene rings is 2. The second kappa shape index (κ2) is 6.32. The number of hydrogen-bond acceptors (Lipinski definition) is 5. The molecule has 0 amide bonds. The highest BCUT2D eigenvalue weighted by atomic mass is 32.2. The Kier molecular flexibility index (Phi) is 4.49. The van der Waals surface area contributed by atoms with Crippen molar-refractivity contribution in [3.8, 4) is 0 Å². The maximum atomic E-state index is 11.9. The molecule has 0 bridgehead atoms. The van der Waals surface area contributed by atoms with Gasteiger partial charge in [0.1, 0.15) is 4.90 Å². The Bertz CT molecular complexity index is 753. The molecule has 0 fully saturated rings. The van der Waals surface area contributed by atoms with Crippen molar-refractivity contribution < 1.29 is 17.5 Å². The molecule has 0 aromatic heterocycles. The lowest BCUT2D eigenvalue weighted by atomic mass is 10.1. The Labute approximate surface area is 123 Å². The second-order valence-electron chi connectivity index (χ2n) is 4.20. The van der Waals surface area contributed by atoms with E-state index in [2.05, 4.69) is 9.44 Å². The quantitative estimate of drug-likeness (QED) is 0.628. The van der Waals surface area contributed by atoms with Gasteiger partial charge in [-0.25, -0.2) is 0 Å². The van der Waals surface area contributed by atoms with Crippen LogP contribution in [0.25, 0.3) is 0 Å². The van der Waals surface area contributed by atoms with E-state index in [-0.39, 0.29) is 16.4 Å². The number of Topliss-reactive ketones (excluding diaryl/α,β-unsaturated/α-hetero) is 1. The largest absolute Gasteiger partial charge is 0.358 e. The topological polar surface area (TPSA) is 72.8 Å². The van der Waals surface area contributed by atoms with Gasteiger partial charge in [0.2, 0.25) is 0 Å². The van der Waals surface area contributed by atoms with Gasteiger partial charge in [-0.3, -0.25) is 9.08 Å². The van der Waals surface area contributed by atoms with Gasteiger partial charge in [0, 0.05) is 12.5 Å². The van der Waals surface area contributed by atoms with Crippen molar-refractivity contribution in [1.82, 2.24) is 0 Å². The minimum absolute atomic E-state index is 0.0234. The highest BCUT2D eigenvalue weighted by Gasteiger charge is 2.17. The van der Waals surface area contributed by atoms with Crippen LogP contribution < -0.4 is 0 Å². The molecule has 0 saturated carbocycles. The van der Waals surface area contributed by atoms with Crippen LogP contribution in [0.1, 0.15) is 12.5 Å². The average Bonchev–Trinajstić information content (AvgIpc) is 2.49. The minimum Gasteiger partial charge on any atom is -0.293 e. The summed E-state index contributed by atoms with van der Waals surface area (Å²) >= 11 is 0. The summed E-state index contributed by atoms with van der Waals surface area (Å²) in [6.45, 7) is 1.30. The van der Waals surface area contributed by atoms with Gasteiger partial charge < -0.3 is 0 Å². The van der Waals surface area contributed by atoms with Crippen LogP contribution in [0.2, 0.25) is 0 Å². The van der Waals surface area contributed by atoms with E-state index in [1.807, 2.05) is 0 Å². The molecule has 2 rings (SSSR count). The molecule has 0 aliphatic rings. The van der Waals surface area contributed by atoms with E-state index in [1.54, 1.807) is 48.5 Å². The first-order valence-electron chi connectivity index (χ1n) is 6.14. The van der Waals surface area contributed by atoms with E-state index >= 15 is 0 Å². The highest BCUT2D eigenvalue weighted by Crippen LogP contribution is 2.13. The smallest absolute Gasteiger partial charge is 0.293 e. The van der Waals surface area contributed by atoms with Crippen LogP contribution in [0.4, 0.5) is 0 Å². The molecule has 2 aromatic carbocycles. The molecule has 6 heteroatoms. The van der Waals surface area contributed by atoms with E-state index in [0.29, 0.717) is 5.56 Å². The third-order valence-corrected chi connectivity index (χ3v) is 3.76. The maximum Gasteiger partial charge on any atom is 0.358 e. The van der Waals surface area contributed by atoms with E-state index in [9.17, 15) is 13.2 Å². The predicted molar refractivity (Wildman–Crippen MR) is 78.4 cm³/mol. The fraction of sp³-hybridized carbons (Fsp3) is 0.0667. The molecular weight excluding hydrogens is 290 g/mol. The Morgan fingerprint density at radius 3 is 2.00 bits per heavy atom. The van der Waals surface area contributed by atoms with Crippen molar-refractivity contribution in [2.75, 3.05) is 0 Å². The van der Waals surface area contributed by atoms with Crippen molar-refractivity contribution in [3.63, 3.8) is 0 Å². The van der Waals surface area contributed by atoms with Crippen LogP contribution in [0, 0.1) is 0 Å². The molecule has 0 spiro atoms. The van der Waals surface area contributed by atoms with Gasteiger partial charge in [-0.2, -0.15) is 8.42 Å². The Morgan fingerprint density at radius 2 is 1.48 bits per heavy atom. The second-order valence-corrected chi connectivity index (χ2v) is 5.73. The van der Waals surface area contributed by atoms with Crippen LogP contribution >= 0.6 is 0 Å². The summed E-state index contributed by atoms with van der Waals surface area (Å²) < 4.78 is 28.5. The molecule has 0 unspecified atom stereocenters. The van der Waals surface area contributed by atoms with E-state index < -0.39 is 10.1 Å². The zero-order chi connectivity index (χ0) is 15.3. The van der Waals surface area contributed by atoms with Crippen molar-refractivity contribution in [1.29, 1.82) is 0 Å². The van der Waals surface area contributed by atoms with Crippen LogP contribution in [-0.2, 0) is 19.2 Å². The number of nitrogens with zero attached hydrogens (tertiary/aromatic N) is 1. The molecule has 2 aromatic rings. The van der Waals surface area contributed by atoms with Crippen LogP contribution in [-0.4, -0.2) is 19.9 Å². The van der Waals surface area contributed by atoms with Crippen LogP contribution in [0.3, 0.4) is 0 Å². The Hall–Kier alpha value is -2.47. The van der Waals surface area contributed by atoms with Gasteiger partial charge in [-0.15, -0.1) is 0 Å². The molecule has 0 aliphatic heterocycles. The average molecular weight is 303 g/mol. The lowest BCUT2D eigenvalue weighted by Gasteiger charge is -2.04. The van der Waals surface area contributed by atoms with Gasteiger partial charge in [0.25, 0.3) is 0 Å². The summed E-state index contributed by atoms with van der Waals surface area (Å²) in [6.07, 6.45) is 0. The van der Waals surface area contributed by atoms with Crippen molar-refractivity contribution in [3.05, 3.63) is 66.2 Å². The molecule has 108 valence electrons. The predicted octanol–water partition coefficient (Wildman–Crippen LogP) is 2.39. The first kappa shape index (κ1) is 14.9. The zero-order valence-electron chi connectivity index (χ0n) is 11.3. The van der Waals surface area contributed by atoms with Gasteiger partial charge in [-0.1, -0.05) is 53.7 Å². The molecule has 0 saturated heterocycles. The zero-order valence-corrected chi connectivity index (χ0v) is 12.1. The maximum absolute atomic E-state index is 11.9. The standard InChI is InChI=1S/C15H13NO4S/c1-12(17)15(13-8-4-2-5-9-13)16-20-21(18,19)14-10-6-3-7-11-14/h2-11H,1H3/b16-15+. The molecule has 0 radical (unpaired) electrons. The first-order chi connectivity index (χ1) is 10.0. The Morgan fingerprint density at radius 1 is 0.952 bits per heavy atom. The molecule has 5 nitrogen and oxygen atoms in total. The SMILES string of the molecule is CC(=O)/C(=N\OS(=O)(=O)c1ccccc1)c1ccccc1. The van der Waals surface area contributed by atoms with Crippen molar-refractivity contribution in [2.24, 2.45) is 5.16 Å². The summed E-state index contributed by atoms with van der Waals surface area (Å²) in [5.41, 5.74) is 0.448. The minimum atomic E-state index is -4.04. The van der Waals surface area contributed by atoms with Crippen molar-refractivity contribution >= 4 is 21.6 Å². The number of ketones is 1. The van der Waals surface area contributed by atoms with Crippen molar-refractivity contribution in [2.45, 2.75) is 11.8 Å². The number of carbonyl (C=O) groups excluding carboxylic acids is 1. The monoisotopic (exact) mass is 303 g/mol. The summed E-state index contributed by atoms with van der Waals surface area (Å²) in [5, 5.41) is 3.52. The van der Waals surface area contributed by atoms with E-state index in [0.717, 1.165) is 0 Å². The molecule has 0 atom stereocenters. The number of carbonyl (C=O) groups is 1. The first-order valence-corrected chi connectivity index (χ1v) is 7.54. The van der Waals surface area contributed by atoms with Gasteiger partial charge in [0.05, 0.1) is 0 Å². The Balaban J connectivity index is 2.32. The normalized spacial score (nSPS) is 12.0. The lowest BCUT2D eigenvalue weighted by molar-refractivity contribution is -0.111. The van der Waals surface area contributed by atoms with Gasteiger partial charge >= 0.3 is 10.1 Å². The molecule has 21 heavy (non-hydrogen) atoms. The number of rotatable bonds is 5. The fourth-order valence-corrected chi connectivity index (χ4v) is 2.38. The summed E-state index contributed by atoms with van der Waals surface area (Å²) in [4.78, 5) is 11.6. The fourth-order valence-electron chi connectivity index (χ4n) is 1.63. The number of oxime groups is 1. The third-order valence-electron chi connectivity index (χ3n) is 2.64. The lowest BCUT2D eigenvalue weighted by Crippen LogP contribution is -2.14. The van der Waals surface area contributed by atoms with Crippen LogP contribution in [0.5, 0.6) is 0 Å².